The fourth-order valence-electron chi connectivity index (χ4n) is 3.82. The summed E-state index contributed by atoms with van der Waals surface area (Å²) in [6.07, 6.45) is 3.67. The lowest BCUT2D eigenvalue weighted by molar-refractivity contribution is -0.178. The van der Waals surface area contributed by atoms with Crippen molar-refractivity contribution in [1.29, 1.82) is 0 Å². The van der Waals surface area contributed by atoms with Gasteiger partial charge in [-0.25, -0.2) is 0 Å². The quantitative estimate of drug-likeness (QED) is 0.736. The summed E-state index contributed by atoms with van der Waals surface area (Å²) in [5.41, 5.74) is -0.786. The van der Waals surface area contributed by atoms with Gasteiger partial charge in [-0.2, -0.15) is 0 Å². The molecule has 2 saturated carbocycles. The van der Waals surface area contributed by atoms with E-state index in [-0.39, 0.29) is 23.6 Å². The van der Waals surface area contributed by atoms with Crippen molar-refractivity contribution >= 4 is 11.9 Å². The number of hydrogen-bond acceptors (Lipinski definition) is 4. The molecule has 0 N–H and O–H groups in total. The Morgan fingerprint density at radius 1 is 1.42 bits per heavy atom. The zero-order valence-electron chi connectivity index (χ0n) is 11.9. The highest BCUT2D eigenvalue weighted by atomic mass is 16.6. The Labute approximate surface area is 113 Å². The van der Waals surface area contributed by atoms with Crippen molar-refractivity contribution in [3.05, 3.63) is 0 Å². The van der Waals surface area contributed by atoms with Crippen LogP contribution in [0.5, 0.6) is 0 Å². The molecule has 106 valence electrons. The van der Waals surface area contributed by atoms with Gasteiger partial charge >= 0.3 is 11.9 Å². The molecule has 1 heterocycles. The van der Waals surface area contributed by atoms with Gasteiger partial charge in [0.05, 0.1) is 5.41 Å². The predicted octanol–water partition coefficient (Wildman–Crippen LogP) is 2.45. The first-order valence-corrected chi connectivity index (χ1v) is 7.28. The normalized spacial score (nSPS) is 40.2. The molecule has 3 rings (SSSR count). The predicted molar refractivity (Wildman–Crippen MR) is 68.2 cm³/mol. The third-order valence-electron chi connectivity index (χ3n) is 5.36. The van der Waals surface area contributed by atoms with E-state index < -0.39 is 5.41 Å². The second kappa shape index (κ2) is 3.97. The molecule has 1 aliphatic heterocycles. The van der Waals surface area contributed by atoms with E-state index in [1.165, 1.54) is 0 Å². The van der Waals surface area contributed by atoms with E-state index in [0.717, 1.165) is 19.3 Å². The Bertz CT molecular complexity index is 408. The number of rotatable bonds is 3. The first kappa shape index (κ1) is 12.9. The highest BCUT2D eigenvalue weighted by Crippen LogP contribution is 2.57. The van der Waals surface area contributed by atoms with Gasteiger partial charge in [0.1, 0.15) is 11.7 Å². The van der Waals surface area contributed by atoms with Crippen LogP contribution in [-0.2, 0) is 19.1 Å². The van der Waals surface area contributed by atoms with Crippen molar-refractivity contribution in [3.63, 3.8) is 0 Å². The summed E-state index contributed by atoms with van der Waals surface area (Å²) >= 11 is 0. The van der Waals surface area contributed by atoms with Crippen LogP contribution in [0.25, 0.3) is 0 Å². The van der Waals surface area contributed by atoms with Gasteiger partial charge in [-0.15, -0.1) is 0 Å². The number of fused-ring (bicyclic) bond motifs is 1. The first-order chi connectivity index (χ1) is 8.85. The molecular formula is C15H22O4. The summed E-state index contributed by atoms with van der Waals surface area (Å²) in [6, 6.07) is 0. The van der Waals surface area contributed by atoms with E-state index in [0.29, 0.717) is 24.7 Å². The fourth-order valence-corrected chi connectivity index (χ4v) is 3.82. The van der Waals surface area contributed by atoms with Gasteiger partial charge in [0, 0.05) is 18.8 Å². The number of esters is 2. The summed E-state index contributed by atoms with van der Waals surface area (Å²) in [5.74, 6) is 0.580. The maximum Gasteiger partial charge on any atom is 0.312 e. The molecule has 1 saturated heterocycles. The summed E-state index contributed by atoms with van der Waals surface area (Å²) in [6.45, 7) is 5.85. The molecule has 4 unspecified atom stereocenters. The van der Waals surface area contributed by atoms with E-state index in [9.17, 15) is 9.59 Å². The molecular weight excluding hydrogens is 244 g/mol. The van der Waals surface area contributed by atoms with Crippen molar-refractivity contribution in [1.82, 2.24) is 0 Å². The molecule has 19 heavy (non-hydrogen) atoms. The van der Waals surface area contributed by atoms with Crippen molar-refractivity contribution in [2.24, 2.45) is 17.3 Å². The zero-order chi connectivity index (χ0) is 13.8. The lowest BCUT2D eigenvalue weighted by Gasteiger charge is -2.38. The van der Waals surface area contributed by atoms with Crippen LogP contribution < -0.4 is 0 Å². The largest absolute Gasteiger partial charge is 0.462 e. The minimum atomic E-state index is -0.429. The Balaban J connectivity index is 1.74. The Morgan fingerprint density at radius 2 is 2.16 bits per heavy atom. The van der Waals surface area contributed by atoms with E-state index in [2.05, 4.69) is 0 Å². The van der Waals surface area contributed by atoms with Gasteiger partial charge in [-0.3, -0.25) is 9.59 Å². The van der Waals surface area contributed by atoms with Crippen LogP contribution in [0.15, 0.2) is 0 Å². The van der Waals surface area contributed by atoms with Gasteiger partial charge in [-0.1, -0.05) is 6.92 Å². The van der Waals surface area contributed by atoms with Crippen molar-refractivity contribution < 1.29 is 19.1 Å². The van der Waals surface area contributed by atoms with E-state index in [1.807, 2.05) is 20.8 Å². The topological polar surface area (TPSA) is 52.6 Å². The Morgan fingerprint density at radius 3 is 2.79 bits per heavy atom. The monoisotopic (exact) mass is 266 g/mol. The molecule has 0 aromatic rings. The molecule has 3 aliphatic rings. The number of hydrogen-bond donors (Lipinski definition) is 0. The van der Waals surface area contributed by atoms with E-state index in [1.54, 1.807) is 0 Å². The Kier molecular flexibility index (Phi) is 2.70. The molecule has 0 aromatic carbocycles. The van der Waals surface area contributed by atoms with Crippen LogP contribution in [0.2, 0.25) is 0 Å². The van der Waals surface area contributed by atoms with Gasteiger partial charge in [0.15, 0.2) is 0 Å². The summed E-state index contributed by atoms with van der Waals surface area (Å²) in [7, 11) is 0. The van der Waals surface area contributed by atoms with Gasteiger partial charge < -0.3 is 9.47 Å². The molecule has 3 fully saturated rings. The van der Waals surface area contributed by atoms with Crippen LogP contribution in [0, 0.1) is 17.3 Å². The zero-order valence-corrected chi connectivity index (χ0v) is 11.9. The van der Waals surface area contributed by atoms with Crippen LogP contribution in [0.4, 0.5) is 0 Å². The molecule has 2 aliphatic carbocycles. The van der Waals surface area contributed by atoms with Crippen molar-refractivity contribution in [3.8, 4) is 0 Å². The van der Waals surface area contributed by atoms with Crippen LogP contribution >= 0.6 is 0 Å². The molecule has 0 aromatic heterocycles. The third kappa shape index (κ3) is 1.96. The molecule has 0 spiro atoms. The third-order valence-corrected chi connectivity index (χ3v) is 5.36. The van der Waals surface area contributed by atoms with Gasteiger partial charge in [-0.05, 0) is 39.0 Å². The van der Waals surface area contributed by atoms with Crippen molar-refractivity contribution in [2.45, 2.75) is 64.6 Å². The minimum Gasteiger partial charge on any atom is -0.462 e. The first-order valence-electron chi connectivity index (χ1n) is 7.28. The minimum absolute atomic E-state index is 0.0162. The lowest BCUT2D eigenvalue weighted by Crippen LogP contribution is -2.43. The molecule has 4 nitrogen and oxygen atoms in total. The number of carbonyl (C=O) groups is 2. The van der Waals surface area contributed by atoms with E-state index in [4.69, 9.17) is 9.47 Å². The van der Waals surface area contributed by atoms with Crippen LogP contribution in [-0.4, -0.2) is 23.6 Å². The summed E-state index contributed by atoms with van der Waals surface area (Å²) in [5, 5.41) is 0. The molecule has 2 bridgehead atoms. The van der Waals surface area contributed by atoms with Crippen molar-refractivity contribution in [2.75, 3.05) is 0 Å². The fraction of sp³-hybridized carbons (Fsp3) is 0.867. The maximum absolute atomic E-state index is 12.3. The van der Waals surface area contributed by atoms with E-state index >= 15 is 0 Å². The smallest absolute Gasteiger partial charge is 0.312 e. The number of ether oxygens (including phenoxy) is 2. The van der Waals surface area contributed by atoms with Crippen LogP contribution in [0.1, 0.15) is 52.9 Å². The average Bonchev–Trinajstić information content (AvgIpc) is 2.82. The van der Waals surface area contributed by atoms with Gasteiger partial charge in [0.2, 0.25) is 0 Å². The SMILES string of the molecule is CCC(C)(C)C(=O)OC12CC3CC(=O)OC(C1)C3C2. The summed E-state index contributed by atoms with van der Waals surface area (Å²) in [4.78, 5) is 23.7. The molecule has 4 heteroatoms. The standard InChI is InChI=1S/C15H22O4/c1-4-14(2,3)13(17)19-15-6-9-5-12(16)18-11(8-15)10(9)7-15/h9-11H,4-8H2,1-3H3. The molecule has 4 atom stereocenters. The van der Waals surface area contributed by atoms with Gasteiger partial charge in [0.25, 0.3) is 0 Å². The number of carbonyl (C=O) groups excluding carboxylic acids is 2. The maximum atomic E-state index is 12.3. The molecule has 0 amide bonds. The Hall–Kier alpha value is -1.06. The highest BCUT2D eigenvalue weighted by molar-refractivity contribution is 5.76. The second-order valence-electron chi connectivity index (χ2n) is 7.08. The summed E-state index contributed by atoms with van der Waals surface area (Å²) < 4.78 is 11.3. The average molecular weight is 266 g/mol. The molecule has 0 radical (unpaired) electrons. The second-order valence-corrected chi connectivity index (χ2v) is 7.08. The van der Waals surface area contributed by atoms with Crippen LogP contribution in [0.3, 0.4) is 0 Å². The lowest BCUT2D eigenvalue weighted by atomic mass is 9.81. The highest BCUT2D eigenvalue weighted by Gasteiger charge is 2.62.